The van der Waals surface area contributed by atoms with Gasteiger partial charge in [-0.05, 0) is 42.2 Å². The molecule has 2 N–H and O–H groups in total. The first-order valence-corrected chi connectivity index (χ1v) is 11.6. The summed E-state index contributed by atoms with van der Waals surface area (Å²) in [5.41, 5.74) is 2.09. The molecule has 2 amide bonds. The minimum absolute atomic E-state index is 0.0174. The van der Waals surface area contributed by atoms with Gasteiger partial charge in [-0.15, -0.1) is 11.3 Å². The standard InChI is InChI=1S/C23H27N5O2S/c29-20-8-7-18(17-5-2-1-3-6-17)9-12-25-21(30)15-28(13-4-11-24-20)23-22-19(10-14-31-22)26-16-27-23/h1-3,5-6,10,14,16,18H,4,7-9,11-13,15H2,(H,24,29)(H,25,30). The van der Waals surface area contributed by atoms with Crippen molar-refractivity contribution in [1.29, 1.82) is 0 Å². The molecule has 31 heavy (non-hydrogen) atoms. The maximum absolute atomic E-state index is 12.7. The summed E-state index contributed by atoms with van der Waals surface area (Å²) in [6.07, 6.45) is 4.33. The molecule has 1 unspecified atom stereocenters. The fourth-order valence-electron chi connectivity index (χ4n) is 3.97. The van der Waals surface area contributed by atoms with Crippen LogP contribution in [0.25, 0.3) is 10.2 Å². The van der Waals surface area contributed by atoms with Crippen LogP contribution in [0.5, 0.6) is 0 Å². The van der Waals surface area contributed by atoms with Gasteiger partial charge in [0.15, 0.2) is 0 Å². The smallest absolute Gasteiger partial charge is 0.239 e. The van der Waals surface area contributed by atoms with Crippen LogP contribution in [0.15, 0.2) is 48.1 Å². The van der Waals surface area contributed by atoms with E-state index in [-0.39, 0.29) is 24.3 Å². The third kappa shape index (κ3) is 5.58. The van der Waals surface area contributed by atoms with Gasteiger partial charge in [-0.25, -0.2) is 9.97 Å². The van der Waals surface area contributed by atoms with E-state index in [0.717, 1.165) is 35.3 Å². The van der Waals surface area contributed by atoms with Gasteiger partial charge in [-0.3, -0.25) is 9.59 Å². The molecule has 0 bridgehead atoms. The lowest BCUT2D eigenvalue weighted by Gasteiger charge is -2.24. The summed E-state index contributed by atoms with van der Waals surface area (Å²) in [7, 11) is 0. The summed E-state index contributed by atoms with van der Waals surface area (Å²) in [5, 5.41) is 8.08. The number of nitrogens with one attached hydrogen (secondary N) is 2. The third-order valence-electron chi connectivity index (χ3n) is 5.59. The number of aromatic nitrogens is 2. The number of nitrogens with zero attached hydrogens (tertiary/aromatic N) is 3. The largest absolute Gasteiger partial charge is 0.356 e. The second-order valence-corrected chi connectivity index (χ2v) is 8.66. The molecule has 1 atom stereocenters. The van der Waals surface area contributed by atoms with Gasteiger partial charge in [0.1, 0.15) is 12.1 Å². The minimum Gasteiger partial charge on any atom is -0.356 e. The zero-order valence-corrected chi connectivity index (χ0v) is 18.2. The van der Waals surface area contributed by atoms with Crippen molar-refractivity contribution in [3.8, 4) is 0 Å². The number of anilines is 1. The average molecular weight is 438 g/mol. The van der Waals surface area contributed by atoms with Crippen LogP contribution in [0.4, 0.5) is 5.82 Å². The fraction of sp³-hybridized carbons (Fsp3) is 0.391. The van der Waals surface area contributed by atoms with E-state index in [2.05, 4.69) is 32.7 Å². The van der Waals surface area contributed by atoms with E-state index in [1.807, 2.05) is 34.5 Å². The van der Waals surface area contributed by atoms with Gasteiger partial charge < -0.3 is 15.5 Å². The van der Waals surface area contributed by atoms with Crippen molar-refractivity contribution in [3.63, 3.8) is 0 Å². The predicted molar refractivity (Wildman–Crippen MR) is 123 cm³/mol. The Kier molecular flexibility index (Phi) is 7.09. The Bertz CT molecular complexity index is 1020. The van der Waals surface area contributed by atoms with E-state index in [1.165, 1.54) is 5.56 Å². The predicted octanol–water partition coefficient (Wildman–Crippen LogP) is 3.09. The summed E-state index contributed by atoms with van der Waals surface area (Å²) in [6.45, 7) is 2.01. The number of carbonyl (C=O) groups excluding carboxylic acids is 2. The molecule has 1 saturated heterocycles. The first-order valence-electron chi connectivity index (χ1n) is 10.7. The number of rotatable bonds is 2. The van der Waals surface area contributed by atoms with Gasteiger partial charge in [0.25, 0.3) is 0 Å². The van der Waals surface area contributed by atoms with Crippen molar-refractivity contribution >= 4 is 39.2 Å². The second-order valence-electron chi connectivity index (χ2n) is 7.74. The highest BCUT2D eigenvalue weighted by Crippen LogP contribution is 2.28. The number of benzene rings is 1. The Morgan fingerprint density at radius 1 is 0.968 bits per heavy atom. The van der Waals surface area contributed by atoms with E-state index in [1.54, 1.807) is 17.7 Å². The van der Waals surface area contributed by atoms with E-state index in [9.17, 15) is 9.59 Å². The van der Waals surface area contributed by atoms with Crippen LogP contribution in [0.1, 0.15) is 37.2 Å². The van der Waals surface area contributed by atoms with Gasteiger partial charge >= 0.3 is 0 Å². The first kappa shape index (κ1) is 21.2. The second kappa shape index (κ2) is 10.3. The van der Waals surface area contributed by atoms with E-state index < -0.39 is 0 Å². The fourth-order valence-corrected chi connectivity index (χ4v) is 4.83. The molecule has 0 aliphatic carbocycles. The monoisotopic (exact) mass is 437 g/mol. The normalized spacial score (nSPS) is 19.5. The van der Waals surface area contributed by atoms with E-state index in [0.29, 0.717) is 26.1 Å². The van der Waals surface area contributed by atoms with Crippen LogP contribution in [0.3, 0.4) is 0 Å². The molecule has 1 aliphatic heterocycles. The van der Waals surface area contributed by atoms with Crippen molar-refractivity contribution in [3.05, 3.63) is 53.7 Å². The molecule has 4 rings (SSSR count). The Morgan fingerprint density at radius 2 is 1.81 bits per heavy atom. The molecule has 8 heteroatoms. The van der Waals surface area contributed by atoms with Gasteiger partial charge in [0.05, 0.1) is 16.8 Å². The van der Waals surface area contributed by atoms with Crippen LogP contribution < -0.4 is 15.5 Å². The highest BCUT2D eigenvalue weighted by molar-refractivity contribution is 7.17. The van der Waals surface area contributed by atoms with E-state index in [4.69, 9.17) is 0 Å². The molecule has 0 saturated carbocycles. The SMILES string of the molecule is O=C1CCC(c2ccccc2)CCNC(=O)CN(c2ncnc3ccsc23)CCCN1. The van der Waals surface area contributed by atoms with Crippen LogP contribution in [0.2, 0.25) is 0 Å². The van der Waals surface area contributed by atoms with Crippen molar-refractivity contribution in [2.75, 3.05) is 31.1 Å². The summed E-state index contributed by atoms with van der Waals surface area (Å²) in [5.74, 6) is 1.07. The molecule has 0 radical (unpaired) electrons. The van der Waals surface area contributed by atoms with Crippen molar-refractivity contribution in [2.45, 2.75) is 31.6 Å². The molecular weight excluding hydrogens is 410 g/mol. The molecule has 1 fully saturated rings. The zero-order valence-electron chi connectivity index (χ0n) is 17.4. The van der Waals surface area contributed by atoms with Crippen LogP contribution in [-0.4, -0.2) is 48.0 Å². The highest BCUT2D eigenvalue weighted by Gasteiger charge is 2.19. The number of fused-ring (bicyclic) bond motifs is 1. The number of amides is 2. The molecule has 7 nitrogen and oxygen atoms in total. The minimum atomic E-state index is -0.0174. The van der Waals surface area contributed by atoms with Crippen molar-refractivity contribution < 1.29 is 9.59 Å². The molecule has 1 aromatic carbocycles. The summed E-state index contributed by atoms with van der Waals surface area (Å²) >= 11 is 1.57. The zero-order chi connectivity index (χ0) is 21.5. The summed E-state index contributed by atoms with van der Waals surface area (Å²) in [4.78, 5) is 35.9. The van der Waals surface area contributed by atoms with Gasteiger partial charge in [-0.2, -0.15) is 0 Å². The highest BCUT2D eigenvalue weighted by atomic mass is 32.1. The molecule has 162 valence electrons. The summed E-state index contributed by atoms with van der Waals surface area (Å²) in [6, 6.07) is 12.2. The van der Waals surface area contributed by atoms with Crippen LogP contribution in [0, 0.1) is 0 Å². The Labute approximate surface area is 185 Å². The quantitative estimate of drug-likeness (QED) is 0.643. The number of carbonyl (C=O) groups is 2. The maximum Gasteiger partial charge on any atom is 0.239 e. The van der Waals surface area contributed by atoms with Crippen LogP contribution in [-0.2, 0) is 9.59 Å². The molecule has 3 aromatic rings. The van der Waals surface area contributed by atoms with Gasteiger partial charge in [0.2, 0.25) is 11.8 Å². The summed E-state index contributed by atoms with van der Waals surface area (Å²) < 4.78 is 0.976. The lowest BCUT2D eigenvalue weighted by atomic mass is 9.91. The van der Waals surface area contributed by atoms with E-state index >= 15 is 0 Å². The van der Waals surface area contributed by atoms with Crippen molar-refractivity contribution in [2.24, 2.45) is 0 Å². The van der Waals surface area contributed by atoms with Gasteiger partial charge in [0, 0.05) is 26.1 Å². The number of hydrogen-bond donors (Lipinski definition) is 2. The molecule has 2 aromatic heterocycles. The lowest BCUT2D eigenvalue weighted by molar-refractivity contribution is -0.122. The van der Waals surface area contributed by atoms with Gasteiger partial charge in [-0.1, -0.05) is 30.3 Å². The molecule has 0 spiro atoms. The Hall–Kier alpha value is -3.00. The van der Waals surface area contributed by atoms with Crippen LogP contribution >= 0.6 is 11.3 Å². The Morgan fingerprint density at radius 3 is 2.68 bits per heavy atom. The number of hydrogen-bond acceptors (Lipinski definition) is 6. The Balaban J connectivity index is 1.49. The average Bonchev–Trinajstić information content (AvgIpc) is 3.27. The maximum atomic E-state index is 12.7. The number of thiophene rings is 1. The third-order valence-corrected chi connectivity index (χ3v) is 6.49. The lowest BCUT2D eigenvalue weighted by Crippen LogP contribution is -2.40. The first-order chi connectivity index (χ1) is 15.2. The molecular formula is C23H27N5O2S. The molecule has 3 heterocycles. The molecule has 1 aliphatic rings. The topological polar surface area (TPSA) is 87.2 Å². The van der Waals surface area contributed by atoms with Crippen molar-refractivity contribution in [1.82, 2.24) is 20.6 Å².